The largest absolute Gasteiger partial charge is 0.436 e. The quantitative estimate of drug-likeness (QED) is 0.738. The van der Waals surface area contributed by atoms with Crippen molar-refractivity contribution in [1.82, 2.24) is 20.0 Å². The first-order valence-electron chi connectivity index (χ1n) is 6.44. The van der Waals surface area contributed by atoms with Crippen molar-refractivity contribution >= 4 is 23.2 Å². The Balaban J connectivity index is 2.22. The van der Waals surface area contributed by atoms with Gasteiger partial charge in [-0.25, -0.2) is 4.68 Å². The number of rotatable bonds is 2. The maximum absolute atomic E-state index is 12.7. The Morgan fingerprint density at radius 2 is 1.88 bits per heavy atom. The zero-order chi connectivity index (χ0) is 17.5. The van der Waals surface area contributed by atoms with Crippen LogP contribution in [0.4, 0.5) is 13.2 Å². The molecular weight excluding hydrogens is 368 g/mol. The number of benzene rings is 1. The second-order valence-corrected chi connectivity index (χ2v) is 5.61. The van der Waals surface area contributed by atoms with E-state index in [0.29, 0.717) is 16.1 Å². The fraction of sp³-hybridized carbons (Fsp3) is 0.0714. The third-order valence-electron chi connectivity index (χ3n) is 3.15. The van der Waals surface area contributed by atoms with Gasteiger partial charge >= 0.3 is 6.18 Å². The average molecular weight is 375 g/mol. The molecule has 2 aromatic heterocycles. The van der Waals surface area contributed by atoms with Crippen LogP contribution in [-0.4, -0.2) is 20.0 Å². The van der Waals surface area contributed by atoms with Gasteiger partial charge in [0.2, 0.25) is 5.56 Å². The van der Waals surface area contributed by atoms with Crippen molar-refractivity contribution in [1.29, 1.82) is 0 Å². The van der Waals surface area contributed by atoms with E-state index >= 15 is 0 Å². The SMILES string of the molecule is O=c1cc(-c2cc(Cl)ccc2-n2cc(C(F)(F)F)nn2)c(Cl)c[nH]1. The summed E-state index contributed by atoms with van der Waals surface area (Å²) >= 11 is 12.1. The lowest BCUT2D eigenvalue weighted by Crippen LogP contribution is -2.06. The van der Waals surface area contributed by atoms with Crippen LogP contribution in [0.3, 0.4) is 0 Å². The molecular formula is C14H7Cl2F3N4O. The van der Waals surface area contributed by atoms with E-state index in [9.17, 15) is 18.0 Å². The Labute approximate surface area is 142 Å². The minimum absolute atomic E-state index is 0.203. The molecule has 124 valence electrons. The van der Waals surface area contributed by atoms with Crippen LogP contribution in [0.15, 0.2) is 41.5 Å². The summed E-state index contributed by atoms with van der Waals surface area (Å²) in [4.78, 5) is 14.0. The highest BCUT2D eigenvalue weighted by molar-refractivity contribution is 6.34. The van der Waals surface area contributed by atoms with Gasteiger partial charge in [0.25, 0.3) is 0 Å². The van der Waals surface area contributed by atoms with Crippen LogP contribution in [-0.2, 0) is 6.18 Å². The second kappa shape index (κ2) is 5.95. The summed E-state index contributed by atoms with van der Waals surface area (Å²) in [5.41, 5.74) is -0.663. The van der Waals surface area contributed by atoms with E-state index in [0.717, 1.165) is 10.9 Å². The van der Waals surface area contributed by atoms with Gasteiger partial charge in [-0.15, -0.1) is 5.10 Å². The van der Waals surface area contributed by atoms with E-state index < -0.39 is 17.4 Å². The first kappa shape index (κ1) is 16.5. The zero-order valence-corrected chi connectivity index (χ0v) is 13.1. The molecule has 5 nitrogen and oxygen atoms in total. The van der Waals surface area contributed by atoms with Gasteiger partial charge in [0, 0.05) is 28.4 Å². The van der Waals surface area contributed by atoms with Crippen molar-refractivity contribution in [2.24, 2.45) is 0 Å². The number of nitrogens with zero attached hydrogens (tertiary/aromatic N) is 3. The molecule has 0 fully saturated rings. The van der Waals surface area contributed by atoms with Gasteiger partial charge in [0.1, 0.15) is 0 Å². The van der Waals surface area contributed by atoms with Crippen molar-refractivity contribution in [2.45, 2.75) is 6.18 Å². The van der Waals surface area contributed by atoms with Gasteiger partial charge in [-0.1, -0.05) is 28.4 Å². The van der Waals surface area contributed by atoms with Crippen LogP contribution in [0.2, 0.25) is 10.0 Å². The van der Waals surface area contributed by atoms with Gasteiger partial charge in [0.15, 0.2) is 5.69 Å². The third-order valence-corrected chi connectivity index (χ3v) is 3.70. The lowest BCUT2D eigenvalue weighted by molar-refractivity contribution is -0.141. The van der Waals surface area contributed by atoms with Crippen molar-refractivity contribution in [3.8, 4) is 16.8 Å². The number of hydrogen-bond donors (Lipinski definition) is 1. The molecule has 1 aromatic carbocycles. The number of aromatic nitrogens is 4. The fourth-order valence-corrected chi connectivity index (χ4v) is 2.48. The molecule has 0 unspecified atom stereocenters. The Bertz CT molecular complexity index is 965. The van der Waals surface area contributed by atoms with Crippen LogP contribution in [0.1, 0.15) is 5.69 Å². The second-order valence-electron chi connectivity index (χ2n) is 4.77. The maximum Gasteiger partial charge on any atom is 0.436 e. The Morgan fingerprint density at radius 3 is 2.54 bits per heavy atom. The van der Waals surface area contributed by atoms with Crippen LogP contribution in [0.25, 0.3) is 16.8 Å². The van der Waals surface area contributed by atoms with E-state index in [1.165, 1.54) is 30.5 Å². The Morgan fingerprint density at radius 1 is 1.12 bits per heavy atom. The lowest BCUT2D eigenvalue weighted by atomic mass is 10.0. The van der Waals surface area contributed by atoms with Crippen LogP contribution in [0.5, 0.6) is 0 Å². The molecule has 0 atom stereocenters. The molecule has 0 aliphatic heterocycles. The number of halogens is 5. The van der Waals surface area contributed by atoms with Crippen molar-refractivity contribution in [3.63, 3.8) is 0 Å². The third kappa shape index (κ3) is 3.15. The summed E-state index contributed by atoms with van der Waals surface area (Å²) in [6, 6.07) is 5.64. The highest BCUT2D eigenvalue weighted by atomic mass is 35.5. The predicted molar refractivity (Wildman–Crippen MR) is 82.4 cm³/mol. The van der Waals surface area contributed by atoms with Crippen LogP contribution >= 0.6 is 23.2 Å². The summed E-state index contributed by atoms with van der Waals surface area (Å²) in [7, 11) is 0. The highest BCUT2D eigenvalue weighted by Gasteiger charge is 2.34. The van der Waals surface area contributed by atoms with Crippen molar-refractivity contribution < 1.29 is 13.2 Å². The van der Waals surface area contributed by atoms with E-state index in [4.69, 9.17) is 23.2 Å². The molecule has 10 heteroatoms. The van der Waals surface area contributed by atoms with Crippen molar-refractivity contribution in [3.05, 3.63) is 62.8 Å². The number of alkyl halides is 3. The molecule has 2 heterocycles. The van der Waals surface area contributed by atoms with Crippen LogP contribution < -0.4 is 5.56 Å². The van der Waals surface area contributed by atoms with Gasteiger partial charge < -0.3 is 4.98 Å². The minimum Gasteiger partial charge on any atom is -0.328 e. The van der Waals surface area contributed by atoms with E-state index in [1.807, 2.05) is 0 Å². The van der Waals surface area contributed by atoms with E-state index in [-0.39, 0.29) is 10.7 Å². The summed E-state index contributed by atoms with van der Waals surface area (Å²) in [5, 5.41) is 7.13. The predicted octanol–water partition coefficient (Wildman–Crippen LogP) is 3.95. The molecule has 24 heavy (non-hydrogen) atoms. The number of pyridine rings is 1. The average Bonchev–Trinajstić information content (AvgIpc) is 2.99. The minimum atomic E-state index is -4.62. The molecule has 0 saturated heterocycles. The summed E-state index contributed by atoms with van der Waals surface area (Å²) in [6.07, 6.45) is -2.59. The van der Waals surface area contributed by atoms with E-state index in [2.05, 4.69) is 15.3 Å². The molecule has 0 aliphatic carbocycles. The summed E-state index contributed by atoms with van der Waals surface area (Å²) in [6.45, 7) is 0. The Hall–Kier alpha value is -2.32. The lowest BCUT2D eigenvalue weighted by Gasteiger charge is -2.11. The summed E-state index contributed by atoms with van der Waals surface area (Å²) in [5.74, 6) is 0. The normalized spacial score (nSPS) is 11.7. The number of H-pyrrole nitrogens is 1. The number of hydrogen-bond acceptors (Lipinski definition) is 3. The number of nitrogens with one attached hydrogen (secondary N) is 1. The fourth-order valence-electron chi connectivity index (χ4n) is 2.10. The van der Waals surface area contributed by atoms with Crippen LogP contribution in [0, 0.1) is 0 Å². The van der Waals surface area contributed by atoms with Gasteiger partial charge in [-0.3, -0.25) is 4.79 Å². The molecule has 3 rings (SSSR count). The molecule has 1 N–H and O–H groups in total. The highest BCUT2D eigenvalue weighted by Crippen LogP contribution is 2.34. The van der Waals surface area contributed by atoms with Crippen molar-refractivity contribution in [2.75, 3.05) is 0 Å². The monoisotopic (exact) mass is 374 g/mol. The molecule has 0 bridgehead atoms. The van der Waals surface area contributed by atoms with E-state index in [1.54, 1.807) is 0 Å². The molecule has 0 radical (unpaired) electrons. The summed E-state index contributed by atoms with van der Waals surface area (Å²) < 4.78 is 39.1. The molecule has 0 saturated carbocycles. The van der Waals surface area contributed by atoms with Gasteiger partial charge in [-0.2, -0.15) is 13.2 Å². The Kier molecular flexibility index (Phi) is 4.10. The smallest absolute Gasteiger partial charge is 0.328 e. The van der Waals surface area contributed by atoms with Gasteiger partial charge in [0.05, 0.1) is 16.9 Å². The molecule has 0 spiro atoms. The first-order valence-corrected chi connectivity index (χ1v) is 7.19. The van der Waals surface area contributed by atoms with Gasteiger partial charge in [-0.05, 0) is 18.2 Å². The number of aromatic amines is 1. The molecule has 0 amide bonds. The first-order chi connectivity index (χ1) is 11.3. The molecule has 0 aliphatic rings. The standard InChI is InChI=1S/C14H7Cl2F3N4O/c15-7-1-2-11(23-6-12(21-22-23)14(17,18)19)9(3-7)8-4-13(24)20-5-10(8)16/h1-6H,(H,20,24). The molecule has 3 aromatic rings. The zero-order valence-electron chi connectivity index (χ0n) is 11.6. The topological polar surface area (TPSA) is 63.6 Å². The maximum atomic E-state index is 12.7.